The molecule has 1 aliphatic heterocycles. The predicted molar refractivity (Wildman–Crippen MR) is 66.5 cm³/mol. The fourth-order valence-electron chi connectivity index (χ4n) is 1.64. The number of hydrogen-bond acceptors (Lipinski definition) is 5. The minimum absolute atomic E-state index is 0.100. The highest BCUT2D eigenvalue weighted by atomic mass is 35.5. The lowest BCUT2D eigenvalue weighted by Gasteiger charge is -2.32. The molecule has 1 aliphatic rings. The van der Waals surface area contributed by atoms with E-state index in [9.17, 15) is 0 Å². The average molecular weight is 260 g/mol. The third-order valence-corrected chi connectivity index (χ3v) is 3.46. The number of aromatic nitrogens is 2. The van der Waals surface area contributed by atoms with Crippen LogP contribution in [0.1, 0.15) is 0 Å². The molecule has 2 heterocycles. The van der Waals surface area contributed by atoms with Crippen LogP contribution in [-0.2, 0) is 4.74 Å². The molecule has 2 rings (SSSR count). The van der Waals surface area contributed by atoms with Gasteiger partial charge in [-0.3, -0.25) is 0 Å². The van der Waals surface area contributed by atoms with Crippen LogP contribution in [0.4, 0.5) is 5.82 Å². The van der Waals surface area contributed by atoms with Gasteiger partial charge in [0, 0.05) is 19.2 Å². The van der Waals surface area contributed by atoms with Crippen molar-refractivity contribution in [2.45, 2.75) is 11.1 Å². The summed E-state index contributed by atoms with van der Waals surface area (Å²) in [7, 11) is 0. The third kappa shape index (κ3) is 2.78. The Balaban J connectivity index is 2.10. The molecule has 0 N–H and O–H groups in total. The summed E-state index contributed by atoms with van der Waals surface area (Å²) < 4.78 is 5.51. The third-order valence-electron chi connectivity index (χ3n) is 2.47. The van der Waals surface area contributed by atoms with Gasteiger partial charge >= 0.3 is 0 Å². The molecular formula is C10H14ClN3OS. The zero-order chi connectivity index (χ0) is 11.4. The van der Waals surface area contributed by atoms with Gasteiger partial charge in [-0.15, -0.1) is 23.4 Å². The number of morpholine rings is 1. The molecule has 16 heavy (non-hydrogen) atoms. The standard InChI is InChI=1S/C10H14ClN3OS/c1-16-10-4-9(12-7-13-10)14-2-3-15-8(5-11)6-14/h4,7-8H,2-3,5-6H2,1H3. The molecule has 0 spiro atoms. The minimum atomic E-state index is 0.100. The SMILES string of the molecule is CSc1cc(N2CCOC(CCl)C2)ncn1. The summed E-state index contributed by atoms with van der Waals surface area (Å²) in [6, 6.07) is 2.00. The van der Waals surface area contributed by atoms with E-state index in [1.165, 1.54) is 0 Å². The highest BCUT2D eigenvalue weighted by molar-refractivity contribution is 7.98. The van der Waals surface area contributed by atoms with Gasteiger partial charge in [0.25, 0.3) is 0 Å². The highest BCUT2D eigenvalue weighted by Gasteiger charge is 2.20. The van der Waals surface area contributed by atoms with E-state index in [2.05, 4.69) is 14.9 Å². The summed E-state index contributed by atoms with van der Waals surface area (Å²) in [6.45, 7) is 2.36. The molecule has 0 aromatic carbocycles. The summed E-state index contributed by atoms with van der Waals surface area (Å²) in [5.41, 5.74) is 0. The molecule has 6 heteroatoms. The van der Waals surface area contributed by atoms with Gasteiger partial charge in [0.2, 0.25) is 0 Å². The van der Waals surface area contributed by atoms with Gasteiger partial charge in [0.1, 0.15) is 17.2 Å². The maximum absolute atomic E-state index is 5.80. The van der Waals surface area contributed by atoms with E-state index in [4.69, 9.17) is 16.3 Å². The smallest absolute Gasteiger partial charge is 0.133 e. The van der Waals surface area contributed by atoms with Crippen LogP contribution in [0.3, 0.4) is 0 Å². The quantitative estimate of drug-likeness (QED) is 0.469. The Morgan fingerprint density at radius 3 is 3.25 bits per heavy atom. The fourth-order valence-corrected chi connectivity index (χ4v) is 2.20. The largest absolute Gasteiger partial charge is 0.373 e. The van der Waals surface area contributed by atoms with Crippen molar-refractivity contribution in [3.63, 3.8) is 0 Å². The number of nitrogens with zero attached hydrogens (tertiary/aromatic N) is 3. The van der Waals surface area contributed by atoms with Gasteiger partial charge in [0.15, 0.2) is 0 Å². The molecule has 4 nitrogen and oxygen atoms in total. The average Bonchev–Trinajstić information content (AvgIpc) is 2.39. The van der Waals surface area contributed by atoms with Crippen molar-refractivity contribution in [3.8, 4) is 0 Å². The summed E-state index contributed by atoms with van der Waals surface area (Å²) in [6.07, 6.45) is 3.71. The number of halogens is 1. The summed E-state index contributed by atoms with van der Waals surface area (Å²) in [4.78, 5) is 10.6. The van der Waals surface area contributed by atoms with E-state index < -0.39 is 0 Å². The molecule has 1 fully saturated rings. The van der Waals surface area contributed by atoms with Crippen molar-refractivity contribution >= 4 is 29.2 Å². The zero-order valence-corrected chi connectivity index (χ0v) is 10.7. The predicted octanol–water partition coefficient (Wildman–Crippen LogP) is 1.64. The first-order chi connectivity index (χ1) is 7.83. The normalized spacial score (nSPS) is 21.1. The van der Waals surface area contributed by atoms with E-state index in [-0.39, 0.29) is 6.10 Å². The van der Waals surface area contributed by atoms with Crippen LogP contribution in [0.2, 0.25) is 0 Å². The van der Waals surface area contributed by atoms with Gasteiger partial charge in [0.05, 0.1) is 18.6 Å². The topological polar surface area (TPSA) is 38.2 Å². The molecule has 0 bridgehead atoms. The van der Waals surface area contributed by atoms with E-state index in [1.807, 2.05) is 12.3 Å². The van der Waals surface area contributed by atoms with Crippen LogP contribution in [0, 0.1) is 0 Å². The van der Waals surface area contributed by atoms with Crippen molar-refractivity contribution in [1.29, 1.82) is 0 Å². The Hall–Kier alpha value is -0.520. The first kappa shape index (κ1) is 12.0. The van der Waals surface area contributed by atoms with Crippen LogP contribution in [0.25, 0.3) is 0 Å². The van der Waals surface area contributed by atoms with E-state index in [1.54, 1.807) is 18.1 Å². The van der Waals surface area contributed by atoms with Crippen LogP contribution < -0.4 is 4.90 Å². The second-order valence-electron chi connectivity index (χ2n) is 3.51. The molecule has 0 aliphatic carbocycles. The lowest BCUT2D eigenvalue weighted by molar-refractivity contribution is 0.0551. The zero-order valence-electron chi connectivity index (χ0n) is 9.10. The van der Waals surface area contributed by atoms with Crippen molar-refractivity contribution < 1.29 is 4.74 Å². The number of rotatable bonds is 3. The fraction of sp³-hybridized carbons (Fsp3) is 0.600. The molecule has 88 valence electrons. The van der Waals surface area contributed by atoms with Gasteiger partial charge in [-0.05, 0) is 6.26 Å². The van der Waals surface area contributed by atoms with Gasteiger partial charge in [-0.25, -0.2) is 9.97 Å². The van der Waals surface area contributed by atoms with Gasteiger partial charge in [-0.2, -0.15) is 0 Å². The van der Waals surface area contributed by atoms with E-state index in [0.717, 1.165) is 23.9 Å². The second kappa shape index (κ2) is 5.70. The number of ether oxygens (including phenoxy) is 1. The number of alkyl halides is 1. The summed E-state index contributed by atoms with van der Waals surface area (Å²) in [5, 5.41) is 0.985. The van der Waals surface area contributed by atoms with Crippen molar-refractivity contribution in [3.05, 3.63) is 12.4 Å². The molecule has 1 aromatic heterocycles. The molecule has 1 saturated heterocycles. The molecule has 0 amide bonds. The van der Waals surface area contributed by atoms with Gasteiger partial charge in [-0.1, -0.05) is 0 Å². The molecule has 1 unspecified atom stereocenters. The first-order valence-electron chi connectivity index (χ1n) is 5.12. The minimum Gasteiger partial charge on any atom is -0.373 e. The van der Waals surface area contributed by atoms with E-state index in [0.29, 0.717) is 12.5 Å². The number of anilines is 1. The second-order valence-corrected chi connectivity index (χ2v) is 4.65. The number of hydrogen-bond donors (Lipinski definition) is 0. The Kier molecular flexibility index (Phi) is 4.26. The monoisotopic (exact) mass is 259 g/mol. The van der Waals surface area contributed by atoms with E-state index >= 15 is 0 Å². The lowest BCUT2D eigenvalue weighted by Crippen LogP contribution is -2.43. The summed E-state index contributed by atoms with van der Waals surface area (Å²) >= 11 is 7.42. The molecule has 0 saturated carbocycles. The number of thioether (sulfide) groups is 1. The maximum Gasteiger partial charge on any atom is 0.133 e. The molecule has 0 radical (unpaired) electrons. The van der Waals surface area contributed by atoms with Crippen molar-refractivity contribution in [2.75, 3.05) is 36.7 Å². The first-order valence-corrected chi connectivity index (χ1v) is 6.88. The van der Waals surface area contributed by atoms with Crippen LogP contribution in [0.5, 0.6) is 0 Å². The van der Waals surface area contributed by atoms with Crippen molar-refractivity contribution in [1.82, 2.24) is 9.97 Å². The van der Waals surface area contributed by atoms with Crippen LogP contribution in [-0.4, -0.2) is 47.9 Å². The Morgan fingerprint density at radius 2 is 2.50 bits per heavy atom. The maximum atomic E-state index is 5.80. The lowest BCUT2D eigenvalue weighted by atomic mass is 10.3. The molecule has 1 atom stereocenters. The Morgan fingerprint density at radius 1 is 1.62 bits per heavy atom. The Bertz CT molecular complexity index is 353. The Labute approximate surface area is 104 Å². The molecular weight excluding hydrogens is 246 g/mol. The highest BCUT2D eigenvalue weighted by Crippen LogP contribution is 2.19. The van der Waals surface area contributed by atoms with Gasteiger partial charge < -0.3 is 9.64 Å². The van der Waals surface area contributed by atoms with Crippen LogP contribution >= 0.6 is 23.4 Å². The summed E-state index contributed by atoms with van der Waals surface area (Å²) in [5.74, 6) is 1.48. The molecule has 1 aromatic rings. The van der Waals surface area contributed by atoms with Crippen molar-refractivity contribution in [2.24, 2.45) is 0 Å². The van der Waals surface area contributed by atoms with Crippen LogP contribution in [0.15, 0.2) is 17.4 Å².